The van der Waals surface area contributed by atoms with Crippen LogP contribution in [0, 0.1) is 5.92 Å². The number of hydrogen-bond acceptors (Lipinski definition) is 5. The van der Waals surface area contributed by atoms with Crippen molar-refractivity contribution in [2.75, 3.05) is 13.1 Å². The first-order valence-electron chi connectivity index (χ1n) is 10.8. The largest absolute Gasteiger partial charge is 0.481 e. The van der Waals surface area contributed by atoms with Crippen molar-refractivity contribution in [1.82, 2.24) is 15.1 Å². The third-order valence-corrected chi connectivity index (χ3v) is 5.60. The molecule has 160 valence electrons. The second kappa shape index (κ2) is 9.71. The normalized spacial score (nSPS) is 15.1. The van der Waals surface area contributed by atoms with Gasteiger partial charge in [-0.1, -0.05) is 55.8 Å². The molecule has 1 aliphatic heterocycles. The van der Waals surface area contributed by atoms with Crippen LogP contribution in [0.15, 0.2) is 59.0 Å². The Labute approximate surface area is 182 Å². The van der Waals surface area contributed by atoms with Crippen LogP contribution >= 0.6 is 0 Å². The number of rotatable bonds is 9. The van der Waals surface area contributed by atoms with E-state index in [2.05, 4.69) is 34.2 Å². The van der Waals surface area contributed by atoms with Gasteiger partial charge in [0.15, 0.2) is 0 Å². The summed E-state index contributed by atoms with van der Waals surface area (Å²) in [6.07, 6.45) is 5.18. The summed E-state index contributed by atoms with van der Waals surface area (Å²) in [5, 5.41) is 17.4. The van der Waals surface area contributed by atoms with E-state index in [-0.39, 0.29) is 5.92 Å². The van der Waals surface area contributed by atoms with Crippen LogP contribution in [0.4, 0.5) is 0 Å². The third kappa shape index (κ3) is 5.27. The van der Waals surface area contributed by atoms with Crippen LogP contribution in [-0.2, 0) is 11.3 Å². The fourth-order valence-corrected chi connectivity index (χ4v) is 3.74. The van der Waals surface area contributed by atoms with Crippen LogP contribution in [0.3, 0.4) is 0 Å². The van der Waals surface area contributed by atoms with Gasteiger partial charge in [0.05, 0.1) is 5.92 Å². The molecule has 6 heteroatoms. The molecule has 3 aromatic rings. The first-order chi connectivity index (χ1) is 15.1. The van der Waals surface area contributed by atoms with Crippen LogP contribution in [0.25, 0.3) is 23.1 Å². The molecule has 6 nitrogen and oxygen atoms in total. The van der Waals surface area contributed by atoms with E-state index in [1.54, 1.807) is 0 Å². The summed E-state index contributed by atoms with van der Waals surface area (Å²) in [5.41, 5.74) is 4.38. The average Bonchev–Trinajstić information content (AvgIpc) is 3.23. The van der Waals surface area contributed by atoms with Crippen molar-refractivity contribution in [1.29, 1.82) is 0 Å². The van der Waals surface area contributed by atoms with Gasteiger partial charge in [-0.2, -0.15) is 0 Å². The molecule has 2 aromatic carbocycles. The number of allylic oxidation sites excluding steroid dienone is 1. The van der Waals surface area contributed by atoms with Crippen LogP contribution in [0.5, 0.6) is 0 Å². The molecular weight excluding hydrogens is 390 g/mol. The lowest BCUT2D eigenvalue weighted by Gasteiger charge is -2.36. The van der Waals surface area contributed by atoms with Crippen LogP contribution in [-0.4, -0.2) is 39.3 Å². The Bertz CT molecular complexity index is 1040. The predicted octanol–water partition coefficient (Wildman–Crippen LogP) is 4.98. The molecule has 1 aliphatic rings. The topological polar surface area (TPSA) is 79.5 Å². The van der Waals surface area contributed by atoms with Gasteiger partial charge in [0.1, 0.15) is 0 Å². The zero-order chi connectivity index (χ0) is 21.6. The highest BCUT2D eigenvalue weighted by Crippen LogP contribution is 2.26. The van der Waals surface area contributed by atoms with Crippen molar-refractivity contribution < 1.29 is 14.3 Å². The number of likely N-dealkylation sites (tertiary alicyclic amines) is 1. The fraction of sp³-hybridized carbons (Fsp3) is 0.320. The van der Waals surface area contributed by atoms with Gasteiger partial charge < -0.3 is 9.52 Å². The summed E-state index contributed by atoms with van der Waals surface area (Å²) in [5.74, 6) is 0.0603. The van der Waals surface area contributed by atoms with Crippen molar-refractivity contribution in [2.24, 2.45) is 5.92 Å². The summed E-state index contributed by atoms with van der Waals surface area (Å²) in [4.78, 5) is 13.1. The van der Waals surface area contributed by atoms with Crippen molar-refractivity contribution in [3.8, 4) is 11.5 Å². The first-order valence-corrected chi connectivity index (χ1v) is 10.8. The molecule has 0 radical (unpaired) electrons. The van der Waals surface area contributed by atoms with Crippen LogP contribution in [0.1, 0.15) is 43.2 Å². The Kier molecular flexibility index (Phi) is 6.57. The Hall–Kier alpha value is -3.25. The minimum Gasteiger partial charge on any atom is -0.481 e. The highest BCUT2D eigenvalue weighted by molar-refractivity contribution is 5.79. The minimum absolute atomic E-state index is 0.234. The van der Waals surface area contributed by atoms with Gasteiger partial charge in [-0.05, 0) is 41.7 Å². The Morgan fingerprint density at radius 2 is 1.87 bits per heavy atom. The van der Waals surface area contributed by atoms with Gasteiger partial charge >= 0.3 is 5.97 Å². The number of unbranched alkanes of at least 4 members (excludes halogenated alkanes) is 1. The highest BCUT2D eigenvalue weighted by Gasteiger charge is 2.32. The molecule has 0 spiro atoms. The lowest BCUT2D eigenvalue weighted by atomic mass is 9.99. The first kappa shape index (κ1) is 21.0. The maximum atomic E-state index is 10.9. The quantitative estimate of drug-likeness (QED) is 0.529. The van der Waals surface area contributed by atoms with Crippen LogP contribution in [0.2, 0.25) is 0 Å². The molecule has 1 saturated heterocycles. The zero-order valence-corrected chi connectivity index (χ0v) is 17.7. The molecule has 0 saturated carbocycles. The molecule has 0 amide bonds. The summed E-state index contributed by atoms with van der Waals surface area (Å²) in [6, 6.07) is 18.3. The van der Waals surface area contributed by atoms with Gasteiger partial charge in [0.25, 0.3) is 0 Å². The van der Waals surface area contributed by atoms with E-state index >= 15 is 0 Å². The number of carboxylic acid groups (broad SMARTS) is 1. The van der Waals surface area contributed by atoms with E-state index in [1.165, 1.54) is 11.1 Å². The zero-order valence-electron chi connectivity index (χ0n) is 17.7. The summed E-state index contributed by atoms with van der Waals surface area (Å²) >= 11 is 0. The number of benzene rings is 2. The average molecular weight is 418 g/mol. The molecule has 1 fully saturated rings. The smallest absolute Gasteiger partial charge is 0.309 e. The number of hydrogen-bond donors (Lipinski definition) is 1. The molecule has 0 bridgehead atoms. The second-order valence-corrected chi connectivity index (χ2v) is 8.01. The van der Waals surface area contributed by atoms with E-state index in [1.807, 2.05) is 48.5 Å². The predicted molar refractivity (Wildman–Crippen MR) is 120 cm³/mol. The molecule has 4 rings (SSSR count). The number of nitrogens with zero attached hydrogens (tertiary/aromatic N) is 3. The van der Waals surface area contributed by atoms with Gasteiger partial charge in [-0.3, -0.25) is 9.69 Å². The van der Waals surface area contributed by atoms with E-state index in [0.717, 1.165) is 36.9 Å². The molecule has 1 aromatic heterocycles. The number of carboxylic acids is 1. The summed E-state index contributed by atoms with van der Waals surface area (Å²) < 4.78 is 5.92. The van der Waals surface area contributed by atoms with Gasteiger partial charge in [0.2, 0.25) is 11.8 Å². The number of aliphatic carboxylic acids is 1. The van der Waals surface area contributed by atoms with Gasteiger partial charge in [-0.25, -0.2) is 0 Å². The monoisotopic (exact) mass is 417 g/mol. The SMILES string of the molecule is CCCC/C(=C/c1nnc(-c2ccc(CN3CC(C(=O)O)C3)cc2)o1)c1ccccc1. The van der Waals surface area contributed by atoms with Crippen molar-refractivity contribution in [3.05, 3.63) is 71.6 Å². The maximum Gasteiger partial charge on any atom is 0.309 e. The lowest BCUT2D eigenvalue weighted by Crippen LogP contribution is -2.49. The standard InChI is InChI=1S/C25H27N3O3/c1-2-3-7-21(19-8-5-4-6-9-19)14-23-26-27-24(31-23)20-12-10-18(11-13-20)15-28-16-22(17-28)25(29)30/h4-6,8-14,22H,2-3,7,15-17H2,1H3,(H,29,30)/b21-14-. The van der Waals surface area contributed by atoms with E-state index < -0.39 is 5.97 Å². The molecule has 1 N–H and O–H groups in total. The Balaban J connectivity index is 1.44. The summed E-state index contributed by atoms with van der Waals surface area (Å²) in [6.45, 7) is 4.15. The maximum absolute atomic E-state index is 10.9. The fourth-order valence-electron chi connectivity index (χ4n) is 3.74. The molecule has 0 aliphatic carbocycles. The molecule has 0 unspecified atom stereocenters. The summed E-state index contributed by atoms with van der Waals surface area (Å²) in [7, 11) is 0. The van der Waals surface area contributed by atoms with Gasteiger partial charge in [-0.15, -0.1) is 10.2 Å². The lowest BCUT2D eigenvalue weighted by molar-refractivity contribution is -0.147. The highest BCUT2D eigenvalue weighted by atomic mass is 16.4. The molecular formula is C25H27N3O3. The second-order valence-electron chi connectivity index (χ2n) is 8.01. The number of aromatic nitrogens is 2. The molecule has 2 heterocycles. The van der Waals surface area contributed by atoms with Crippen LogP contribution < -0.4 is 0 Å². The van der Waals surface area contributed by atoms with Crippen molar-refractivity contribution in [2.45, 2.75) is 32.7 Å². The van der Waals surface area contributed by atoms with Crippen molar-refractivity contribution in [3.63, 3.8) is 0 Å². The molecule has 0 atom stereocenters. The van der Waals surface area contributed by atoms with Gasteiger partial charge in [0, 0.05) is 31.3 Å². The number of carbonyl (C=O) groups is 1. The van der Waals surface area contributed by atoms with E-state index in [0.29, 0.717) is 24.9 Å². The Morgan fingerprint density at radius 1 is 1.13 bits per heavy atom. The van der Waals surface area contributed by atoms with Crippen molar-refractivity contribution >= 4 is 17.6 Å². The van der Waals surface area contributed by atoms with E-state index in [4.69, 9.17) is 9.52 Å². The minimum atomic E-state index is -0.710. The molecule has 31 heavy (non-hydrogen) atoms. The third-order valence-electron chi connectivity index (χ3n) is 5.60. The van der Waals surface area contributed by atoms with E-state index in [9.17, 15) is 4.79 Å². The Morgan fingerprint density at radius 3 is 2.55 bits per heavy atom.